The first-order valence-electron chi connectivity index (χ1n) is 9.04. The molecule has 0 bridgehead atoms. The zero-order valence-corrected chi connectivity index (χ0v) is 17.5. The van der Waals surface area contributed by atoms with Gasteiger partial charge in [0.2, 0.25) is 4.96 Å². The highest BCUT2D eigenvalue weighted by Crippen LogP contribution is 2.27. The molecule has 0 saturated heterocycles. The molecule has 9 heteroatoms. The Bertz CT molecular complexity index is 1190. The normalized spacial score (nSPS) is 11.4. The number of aromatic nitrogens is 6. The lowest BCUT2D eigenvalue weighted by Gasteiger charge is -2.09. The van der Waals surface area contributed by atoms with Gasteiger partial charge in [-0.25, -0.2) is 4.98 Å². The van der Waals surface area contributed by atoms with Crippen molar-refractivity contribution in [1.82, 2.24) is 29.4 Å². The number of hydrogen-bond acceptors (Lipinski definition) is 7. The van der Waals surface area contributed by atoms with Crippen LogP contribution in [0.2, 0.25) is 0 Å². The third-order valence-corrected chi connectivity index (χ3v) is 6.01. The minimum atomic E-state index is -0.152. The molecule has 0 atom stereocenters. The second-order valence-electron chi connectivity index (χ2n) is 6.52. The largest absolute Gasteiger partial charge is 0.302 e. The molecule has 4 aromatic rings. The zero-order valence-electron chi connectivity index (χ0n) is 15.9. The van der Waals surface area contributed by atoms with Crippen LogP contribution in [0.25, 0.3) is 16.3 Å². The summed E-state index contributed by atoms with van der Waals surface area (Å²) in [5, 5.41) is 14.7. The van der Waals surface area contributed by atoms with E-state index in [2.05, 4.69) is 56.9 Å². The average Bonchev–Trinajstić information content (AvgIpc) is 3.23. The number of benzene rings is 1. The van der Waals surface area contributed by atoms with Crippen molar-refractivity contribution in [1.29, 1.82) is 0 Å². The Kier molecular flexibility index (Phi) is 5.27. The summed E-state index contributed by atoms with van der Waals surface area (Å²) < 4.78 is 3.49. The second kappa shape index (κ2) is 7.84. The molecule has 1 aromatic carbocycles. The molecule has 0 radical (unpaired) electrons. The van der Waals surface area contributed by atoms with Crippen LogP contribution in [-0.4, -0.2) is 29.4 Å². The van der Waals surface area contributed by atoms with Crippen molar-refractivity contribution in [3.05, 3.63) is 57.0 Å². The maximum Gasteiger partial charge on any atom is 0.275 e. The number of hydrogen-bond donors (Lipinski definition) is 0. The molecule has 0 spiro atoms. The van der Waals surface area contributed by atoms with Crippen molar-refractivity contribution >= 4 is 28.1 Å². The van der Waals surface area contributed by atoms with Gasteiger partial charge in [0.1, 0.15) is 5.01 Å². The highest BCUT2D eigenvalue weighted by molar-refractivity contribution is 7.98. The molecule has 7 nitrogen and oxygen atoms in total. The van der Waals surface area contributed by atoms with Crippen LogP contribution in [0.3, 0.4) is 0 Å². The van der Waals surface area contributed by atoms with Crippen molar-refractivity contribution in [2.45, 2.75) is 44.6 Å². The molecule has 144 valence electrons. The highest BCUT2D eigenvalue weighted by atomic mass is 32.2. The molecule has 0 N–H and O–H groups in total. The van der Waals surface area contributed by atoms with E-state index in [4.69, 9.17) is 0 Å². The maximum absolute atomic E-state index is 12.2. The molecule has 3 aromatic heterocycles. The van der Waals surface area contributed by atoms with E-state index < -0.39 is 0 Å². The van der Waals surface area contributed by atoms with Crippen LogP contribution in [0.1, 0.15) is 29.6 Å². The molecular weight excluding hydrogens is 392 g/mol. The minimum absolute atomic E-state index is 0.152. The fraction of sp³-hybridized carbons (Fsp3) is 0.316. The number of fused-ring (bicyclic) bond motifs is 1. The third-order valence-electron chi connectivity index (χ3n) is 4.19. The minimum Gasteiger partial charge on any atom is -0.302 e. The molecular formula is C19H20N6OS2. The number of thioether (sulfide) groups is 1. The number of aryl methyl sites for hydroxylation is 2. The lowest BCUT2D eigenvalue weighted by Crippen LogP contribution is -2.15. The molecule has 0 saturated carbocycles. The van der Waals surface area contributed by atoms with Crippen LogP contribution in [-0.2, 0) is 12.3 Å². The fourth-order valence-corrected chi connectivity index (χ4v) is 4.61. The lowest BCUT2D eigenvalue weighted by molar-refractivity contribution is 0.626. The molecule has 4 rings (SSSR count). The first-order chi connectivity index (χ1) is 13.5. The van der Waals surface area contributed by atoms with Crippen molar-refractivity contribution < 1.29 is 0 Å². The van der Waals surface area contributed by atoms with Crippen LogP contribution in [0.15, 0.2) is 40.3 Å². The molecule has 0 aliphatic carbocycles. The van der Waals surface area contributed by atoms with Crippen LogP contribution in [0.5, 0.6) is 0 Å². The Hall–Kier alpha value is -2.52. The molecule has 0 amide bonds. The van der Waals surface area contributed by atoms with E-state index in [1.807, 2.05) is 13.0 Å². The van der Waals surface area contributed by atoms with Gasteiger partial charge in [-0.1, -0.05) is 53.8 Å². The Morgan fingerprint density at radius 3 is 2.82 bits per heavy atom. The molecule has 0 aliphatic heterocycles. The second-order valence-corrected chi connectivity index (χ2v) is 8.62. The SMILES string of the molecule is CCCn1c(SCc2cc(=O)n3nc(C)sc3n2)nnc1-c1cccc(C)c1. The lowest BCUT2D eigenvalue weighted by atomic mass is 10.1. The Balaban J connectivity index is 1.62. The van der Waals surface area contributed by atoms with E-state index in [1.54, 1.807) is 17.8 Å². The Labute approximate surface area is 170 Å². The van der Waals surface area contributed by atoms with Crippen molar-refractivity contribution in [2.75, 3.05) is 0 Å². The number of rotatable bonds is 6. The van der Waals surface area contributed by atoms with Crippen LogP contribution in [0.4, 0.5) is 0 Å². The molecule has 0 aliphatic rings. The summed E-state index contributed by atoms with van der Waals surface area (Å²) in [7, 11) is 0. The molecule has 0 unspecified atom stereocenters. The van der Waals surface area contributed by atoms with E-state index in [1.165, 1.54) is 21.4 Å². The van der Waals surface area contributed by atoms with Crippen molar-refractivity contribution in [3.63, 3.8) is 0 Å². The summed E-state index contributed by atoms with van der Waals surface area (Å²) >= 11 is 2.96. The fourth-order valence-electron chi connectivity index (χ4n) is 2.98. The van der Waals surface area contributed by atoms with E-state index in [-0.39, 0.29) is 5.56 Å². The zero-order chi connectivity index (χ0) is 19.7. The quantitative estimate of drug-likeness (QED) is 0.449. The first kappa shape index (κ1) is 18.8. The topological polar surface area (TPSA) is 78.0 Å². The maximum atomic E-state index is 12.2. The van der Waals surface area contributed by atoms with E-state index in [0.29, 0.717) is 10.7 Å². The van der Waals surface area contributed by atoms with Gasteiger partial charge in [0.15, 0.2) is 11.0 Å². The molecule has 3 heterocycles. The van der Waals surface area contributed by atoms with Gasteiger partial charge in [-0.3, -0.25) is 4.79 Å². The van der Waals surface area contributed by atoms with Gasteiger partial charge in [-0.15, -0.1) is 10.2 Å². The van der Waals surface area contributed by atoms with Crippen LogP contribution < -0.4 is 5.56 Å². The first-order valence-corrected chi connectivity index (χ1v) is 10.8. The summed E-state index contributed by atoms with van der Waals surface area (Å²) in [5.41, 5.74) is 2.82. The van der Waals surface area contributed by atoms with Gasteiger partial charge in [-0.2, -0.15) is 9.61 Å². The molecule has 28 heavy (non-hydrogen) atoms. The predicted molar refractivity (Wildman–Crippen MR) is 112 cm³/mol. The standard InChI is InChI=1S/C19H20N6OS2/c1-4-8-24-17(14-7-5-6-12(2)9-14)21-22-19(24)27-11-15-10-16(26)25-18(20-15)28-13(3)23-25/h5-7,9-10H,4,8,11H2,1-3H3. The third kappa shape index (κ3) is 3.72. The van der Waals surface area contributed by atoms with Crippen molar-refractivity contribution in [2.24, 2.45) is 0 Å². The van der Waals surface area contributed by atoms with Gasteiger partial charge in [0.05, 0.1) is 5.69 Å². The van der Waals surface area contributed by atoms with Gasteiger partial charge >= 0.3 is 0 Å². The summed E-state index contributed by atoms with van der Waals surface area (Å²) in [6, 6.07) is 9.82. The highest BCUT2D eigenvalue weighted by Gasteiger charge is 2.15. The van der Waals surface area contributed by atoms with Crippen LogP contribution >= 0.6 is 23.1 Å². The Morgan fingerprint density at radius 1 is 1.18 bits per heavy atom. The summed E-state index contributed by atoms with van der Waals surface area (Å²) in [5.74, 6) is 1.42. The molecule has 0 fully saturated rings. The van der Waals surface area contributed by atoms with Gasteiger partial charge in [0, 0.05) is 23.9 Å². The summed E-state index contributed by atoms with van der Waals surface area (Å²) in [6.45, 7) is 6.91. The monoisotopic (exact) mass is 412 g/mol. The van der Waals surface area contributed by atoms with E-state index >= 15 is 0 Å². The van der Waals surface area contributed by atoms with Gasteiger partial charge in [0.25, 0.3) is 5.56 Å². The summed E-state index contributed by atoms with van der Waals surface area (Å²) in [4.78, 5) is 17.4. The van der Waals surface area contributed by atoms with Gasteiger partial charge < -0.3 is 4.57 Å². The smallest absolute Gasteiger partial charge is 0.275 e. The van der Waals surface area contributed by atoms with Crippen molar-refractivity contribution in [3.8, 4) is 11.4 Å². The van der Waals surface area contributed by atoms with E-state index in [9.17, 15) is 4.79 Å². The summed E-state index contributed by atoms with van der Waals surface area (Å²) in [6.07, 6.45) is 0.982. The van der Waals surface area contributed by atoms with Gasteiger partial charge in [-0.05, 0) is 26.3 Å². The van der Waals surface area contributed by atoms with Crippen LogP contribution in [0, 0.1) is 13.8 Å². The Morgan fingerprint density at radius 2 is 2.04 bits per heavy atom. The predicted octanol–water partition coefficient (Wildman–Crippen LogP) is 3.73. The van der Waals surface area contributed by atoms with E-state index in [0.717, 1.165) is 40.2 Å². The average molecular weight is 413 g/mol. The number of nitrogens with zero attached hydrogens (tertiary/aromatic N) is 6.